The molecule has 6 heteroatoms. The van der Waals surface area contributed by atoms with E-state index < -0.39 is 11.6 Å². The Balaban J connectivity index is 2.04. The number of fused-ring (bicyclic) bond motifs is 1. The van der Waals surface area contributed by atoms with Gasteiger partial charge in [-0.05, 0) is 52.9 Å². The average molecular weight is 385 g/mol. The van der Waals surface area contributed by atoms with Crippen LogP contribution >= 0.6 is 22.6 Å². The SMILES string of the molecule is Cn1cnc2c(F)c(Nc3ccc(I)cc3F)ccc21. The third kappa shape index (κ3) is 2.24. The quantitative estimate of drug-likeness (QED) is 0.671. The first-order chi connectivity index (χ1) is 9.56. The molecular formula is C14H10F2IN3. The number of rotatable bonds is 2. The van der Waals surface area contributed by atoms with Gasteiger partial charge in [-0.15, -0.1) is 0 Å². The molecule has 1 N–H and O–H groups in total. The molecule has 0 saturated heterocycles. The largest absolute Gasteiger partial charge is 0.351 e. The second-order valence-electron chi connectivity index (χ2n) is 4.40. The van der Waals surface area contributed by atoms with Crippen molar-refractivity contribution in [2.24, 2.45) is 7.05 Å². The summed E-state index contributed by atoms with van der Waals surface area (Å²) >= 11 is 2.02. The van der Waals surface area contributed by atoms with Gasteiger partial charge in [0.05, 0.1) is 23.2 Å². The van der Waals surface area contributed by atoms with Gasteiger partial charge in [-0.1, -0.05) is 0 Å². The summed E-state index contributed by atoms with van der Waals surface area (Å²) < 4.78 is 30.6. The molecule has 0 saturated carbocycles. The summed E-state index contributed by atoms with van der Waals surface area (Å²) in [6.45, 7) is 0. The maximum atomic E-state index is 14.3. The lowest BCUT2D eigenvalue weighted by atomic mass is 10.2. The van der Waals surface area contributed by atoms with Gasteiger partial charge < -0.3 is 9.88 Å². The third-order valence-electron chi connectivity index (χ3n) is 3.04. The van der Waals surface area contributed by atoms with Crippen molar-refractivity contribution in [3.05, 3.63) is 51.9 Å². The van der Waals surface area contributed by atoms with Crippen LogP contribution in [0.2, 0.25) is 0 Å². The Morgan fingerprint density at radius 2 is 1.90 bits per heavy atom. The zero-order chi connectivity index (χ0) is 14.3. The van der Waals surface area contributed by atoms with Crippen molar-refractivity contribution in [2.75, 3.05) is 5.32 Å². The van der Waals surface area contributed by atoms with Gasteiger partial charge in [0, 0.05) is 10.6 Å². The number of imidazole rings is 1. The molecule has 0 atom stereocenters. The summed E-state index contributed by atoms with van der Waals surface area (Å²) in [6.07, 6.45) is 1.54. The van der Waals surface area contributed by atoms with Gasteiger partial charge in [0.15, 0.2) is 5.82 Å². The molecule has 0 aliphatic heterocycles. The zero-order valence-corrected chi connectivity index (χ0v) is 12.6. The van der Waals surface area contributed by atoms with Gasteiger partial charge in [0.2, 0.25) is 0 Å². The Hall–Kier alpha value is -1.70. The summed E-state index contributed by atoms with van der Waals surface area (Å²) in [5.41, 5.74) is 1.40. The number of aromatic nitrogens is 2. The van der Waals surface area contributed by atoms with E-state index in [9.17, 15) is 8.78 Å². The molecule has 1 aromatic heterocycles. The highest BCUT2D eigenvalue weighted by Crippen LogP contribution is 2.27. The number of nitrogens with one attached hydrogen (secondary N) is 1. The van der Waals surface area contributed by atoms with Crippen LogP contribution in [0.5, 0.6) is 0 Å². The van der Waals surface area contributed by atoms with Gasteiger partial charge in [-0.2, -0.15) is 0 Å². The van der Waals surface area contributed by atoms with Gasteiger partial charge >= 0.3 is 0 Å². The molecule has 2 aromatic carbocycles. The van der Waals surface area contributed by atoms with Crippen LogP contribution in [0.4, 0.5) is 20.2 Å². The van der Waals surface area contributed by atoms with E-state index in [0.717, 1.165) is 3.57 Å². The van der Waals surface area contributed by atoms with Crippen LogP contribution in [0.15, 0.2) is 36.7 Å². The van der Waals surface area contributed by atoms with E-state index in [1.807, 2.05) is 22.6 Å². The Morgan fingerprint density at radius 3 is 2.65 bits per heavy atom. The minimum Gasteiger partial charge on any atom is -0.351 e. The summed E-state index contributed by atoms with van der Waals surface area (Å²) in [4.78, 5) is 4.01. The summed E-state index contributed by atoms with van der Waals surface area (Å²) in [6, 6.07) is 8.05. The maximum absolute atomic E-state index is 14.3. The fourth-order valence-electron chi connectivity index (χ4n) is 2.00. The first-order valence-corrected chi connectivity index (χ1v) is 6.96. The van der Waals surface area contributed by atoms with E-state index in [1.165, 1.54) is 6.07 Å². The van der Waals surface area contributed by atoms with Crippen molar-refractivity contribution in [1.29, 1.82) is 0 Å². The molecule has 3 nitrogen and oxygen atoms in total. The van der Waals surface area contributed by atoms with E-state index in [0.29, 0.717) is 5.52 Å². The lowest BCUT2D eigenvalue weighted by Gasteiger charge is -2.09. The standard InChI is InChI=1S/C14H10F2IN3/c1-20-7-18-14-12(20)5-4-11(13(14)16)19-10-3-2-8(17)6-9(10)15/h2-7,19H,1H3. The Labute approximate surface area is 127 Å². The molecule has 0 amide bonds. The zero-order valence-electron chi connectivity index (χ0n) is 10.5. The predicted molar refractivity (Wildman–Crippen MR) is 83.1 cm³/mol. The minimum atomic E-state index is -0.485. The molecule has 0 radical (unpaired) electrons. The van der Waals surface area contributed by atoms with Crippen LogP contribution in [0.1, 0.15) is 0 Å². The van der Waals surface area contributed by atoms with Gasteiger partial charge in [-0.25, -0.2) is 13.8 Å². The van der Waals surface area contributed by atoms with E-state index in [4.69, 9.17) is 0 Å². The van der Waals surface area contributed by atoms with E-state index in [1.54, 1.807) is 42.2 Å². The Bertz CT molecular complexity index is 798. The van der Waals surface area contributed by atoms with Gasteiger partial charge in [-0.3, -0.25) is 0 Å². The summed E-state index contributed by atoms with van der Waals surface area (Å²) in [5.74, 6) is -0.904. The number of anilines is 2. The highest BCUT2D eigenvalue weighted by atomic mass is 127. The molecule has 3 rings (SSSR count). The Morgan fingerprint density at radius 1 is 1.15 bits per heavy atom. The lowest BCUT2D eigenvalue weighted by molar-refractivity contribution is 0.628. The third-order valence-corrected chi connectivity index (χ3v) is 3.71. The smallest absolute Gasteiger partial charge is 0.174 e. The highest BCUT2D eigenvalue weighted by molar-refractivity contribution is 14.1. The maximum Gasteiger partial charge on any atom is 0.174 e. The Kier molecular flexibility index (Phi) is 3.33. The van der Waals surface area contributed by atoms with Crippen molar-refractivity contribution < 1.29 is 8.78 Å². The number of benzene rings is 2. The number of nitrogens with zero attached hydrogens (tertiary/aromatic N) is 2. The molecule has 0 spiro atoms. The normalized spacial score (nSPS) is 11.0. The van der Waals surface area contributed by atoms with Gasteiger partial charge in [0.25, 0.3) is 0 Å². The number of aryl methyl sites for hydroxylation is 1. The minimum absolute atomic E-state index is 0.205. The van der Waals surface area contributed by atoms with Crippen LogP contribution in [0.3, 0.4) is 0 Å². The van der Waals surface area contributed by atoms with Crippen molar-refractivity contribution in [3.63, 3.8) is 0 Å². The highest BCUT2D eigenvalue weighted by Gasteiger charge is 2.12. The molecular weight excluding hydrogens is 375 g/mol. The van der Waals surface area contributed by atoms with Crippen LogP contribution in [-0.4, -0.2) is 9.55 Å². The monoisotopic (exact) mass is 385 g/mol. The van der Waals surface area contributed by atoms with Crippen molar-refractivity contribution >= 4 is 45.0 Å². The second-order valence-corrected chi connectivity index (χ2v) is 5.65. The number of hydrogen-bond acceptors (Lipinski definition) is 2. The van der Waals surface area contributed by atoms with Crippen molar-refractivity contribution in [1.82, 2.24) is 9.55 Å². The average Bonchev–Trinajstić information content (AvgIpc) is 2.78. The van der Waals surface area contributed by atoms with Crippen molar-refractivity contribution in [2.45, 2.75) is 0 Å². The van der Waals surface area contributed by atoms with E-state index in [-0.39, 0.29) is 16.9 Å². The number of halogens is 3. The second kappa shape index (κ2) is 5.01. The fourth-order valence-corrected chi connectivity index (χ4v) is 2.45. The fraction of sp³-hybridized carbons (Fsp3) is 0.0714. The molecule has 102 valence electrons. The van der Waals surface area contributed by atoms with Crippen LogP contribution < -0.4 is 5.32 Å². The van der Waals surface area contributed by atoms with Crippen LogP contribution in [0.25, 0.3) is 11.0 Å². The van der Waals surface area contributed by atoms with E-state index in [2.05, 4.69) is 10.3 Å². The van der Waals surface area contributed by atoms with Gasteiger partial charge in [0.1, 0.15) is 11.3 Å². The first kappa shape index (κ1) is 13.3. The molecule has 0 bridgehead atoms. The molecule has 0 unspecified atom stereocenters. The molecule has 1 heterocycles. The van der Waals surface area contributed by atoms with Crippen LogP contribution in [0, 0.1) is 15.2 Å². The predicted octanol–water partition coefficient (Wildman–Crippen LogP) is 4.20. The molecule has 3 aromatic rings. The molecule has 0 fully saturated rings. The van der Waals surface area contributed by atoms with Crippen LogP contribution in [-0.2, 0) is 7.05 Å². The first-order valence-electron chi connectivity index (χ1n) is 5.88. The lowest BCUT2D eigenvalue weighted by Crippen LogP contribution is -1.98. The molecule has 0 aliphatic rings. The molecule has 20 heavy (non-hydrogen) atoms. The molecule has 0 aliphatic carbocycles. The topological polar surface area (TPSA) is 29.9 Å². The summed E-state index contributed by atoms with van der Waals surface area (Å²) in [7, 11) is 1.79. The van der Waals surface area contributed by atoms with E-state index >= 15 is 0 Å². The summed E-state index contributed by atoms with van der Waals surface area (Å²) in [5, 5.41) is 2.77. The van der Waals surface area contributed by atoms with Crippen molar-refractivity contribution in [3.8, 4) is 0 Å². The number of hydrogen-bond donors (Lipinski definition) is 1.